The van der Waals surface area contributed by atoms with Gasteiger partial charge in [-0.15, -0.1) is 10.2 Å². The molecular formula is C23H21N5O2S. The van der Waals surface area contributed by atoms with Crippen molar-refractivity contribution >= 4 is 40.6 Å². The first-order chi connectivity index (χ1) is 15.0. The highest BCUT2D eigenvalue weighted by Gasteiger charge is 2.13. The van der Waals surface area contributed by atoms with Gasteiger partial charge in [-0.1, -0.05) is 36.0 Å². The Bertz CT molecular complexity index is 1270. The summed E-state index contributed by atoms with van der Waals surface area (Å²) in [6, 6.07) is 18.7. The first-order valence-electron chi connectivity index (χ1n) is 9.70. The van der Waals surface area contributed by atoms with E-state index in [2.05, 4.69) is 20.8 Å². The van der Waals surface area contributed by atoms with E-state index in [4.69, 9.17) is 0 Å². The third-order valence-electron chi connectivity index (χ3n) is 4.54. The van der Waals surface area contributed by atoms with Gasteiger partial charge < -0.3 is 10.6 Å². The second-order valence-corrected chi connectivity index (χ2v) is 8.10. The number of amides is 2. The largest absolute Gasteiger partial charge is 0.325 e. The number of nitrogens with zero attached hydrogens (tertiary/aromatic N) is 3. The maximum absolute atomic E-state index is 12.7. The summed E-state index contributed by atoms with van der Waals surface area (Å²) >= 11 is 1.26. The molecule has 8 heteroatoms. The van der Waals surface area contributed by atoms with Gasteiger partial charge in [0.2, 0.25) is 5.91 Å². The minimum absolute atomic E-state index is 0.138. The lowest BCUT2D eigenvalue weighted by atomic mass is 10.2. The molecular weight excluding hydrogens is 410 g/mol. The Morgan fingerprint density at radius 1 is 0.903 bits per heavy atom. The smallest absolute Gasteiger partial charge is 0.257 e. The van der Waals surface area contributed by atoms with Gasteiger partial charge >= 0.3 is 0 Å². The van der Waals surface area contributed by atoms with Crippen molar-refractivity contribution in [3.63, 3.8) is 0 Å². The Morgan fingerprint density at radius 2 is 1.58 bits per heavy atom. The molecule has 2 N–H and O–H groups in total. The van der Waals surface area contributed by atoms with Crippen LogP contribution in [0.1, 0.15) is 21.5 Å². The third-order valence-corrected chi connectivity index (χ3v) is 5.49. The molecule has 2 amide bonds. The summed E-state index contributed by atoms with van der Waals surface area (Å²) in [6.45, 7) is 3.94. The van der Waals surface area contributed by atoms with Crippen LogP contribution in [0.3, 0.4) is 0 Å². The van der Waals surface area contributed by atoms with Crippen molar-refractivity contribution in [2.75, 3.05) is 16.4 Å². The van der Waals surface area contributed by atoms with Crippen LogP contribution in [0.25, 0.3) is 5.65 Å². The highest BCUT2D eigenvalue weighted by molar-refractivity contribution is 7.99. The van der Waals surface area contributed by atoms with Crippen molar-refractivity contribution in [2.45, 2.75) is 19.0 Å². The molecule has 2 aromatic heterocycles. The van der Waals surface area contributed by atoms with E-state index >= 15 is 0 Å². The number of fused-ring (bicyclic) bond motifs is 1. The Kier molecular flexibility index (Phi) is 5.99. The molecule has 0 saturated carbocycles. The molecule has 0 aliphatic rings. The standard InChI is InChI=1S/C23H21N5O2S/c1-15-5-3-7-18(11-15)24-21(29)14-31-23-27-26-20-10-9-17(13-28(20)23)22(30)25-19-8-4-6-16(2)12-19/h3-13H,14H2,1-2H3,(H,24,29)(H,25,30). The lowest BCUT2D eigenvalue weighted by Gasteiger charge is -2.07. The van der Waals surface area contributed by atoms with Crippen LogP contribution in [-0.2, 0) is 4.79 Å². The van der Waals surface area contributed by atoms with Gasteiger partial charge in [-0.25, -0.2) is 0 Å². The van der Waals surface area contributed by atoms with Crippen LogP contribution in [0.2, 0.25) is 0 Å². The molecule has 2 aromatic carbocycles. The highest BCUT2D eigenvalue weighted by Crippen LogP contribution is 2.19. The predicted molar refractivity (Wildman–Crippen MR) is 123 cm³/mol. The van der Waals surface area contributed by atoms with Crippen molar-refractivity contribution in [2.24, 2.45) is 0 Å². The van der Waals surface area contributed by atoms with E-state index in [0.29, 0.717) is 16.4 Å². The lowest BCUT2D eigenvalue weighted by molar-refractivity contribution is -0.113. The fraction of sp³-hybridized carbons (Fsp3) is 0.130. The second-order valence-electron chi connectivity index (χ2n) is 7.16. The van der Waals surface area contributed by atoms with Gasteiger partial charge in [0, 0.05) is 17.6 Å². The van der Waals surface area contributed by atoms with Gasteiger partial charge in [-0.05, 0) is 61.4 Å². The second kappa shape index (κ2) is 9.01. The van der Waals surface area contributed by atoms with Crippen LogP contribution in [0, 0.1) is 13.8 Å². The van der Waals surface area contributed by atoms with Gasteiger partial charge in [-0.3, -0.25) is 14.0 Å². The maximum Gasteiger partial charge on any atom is 0.257 e. The summed E-state index contributed by atoms with van der Waals surface area (Å²) in [5, 5.41) is 14.6. The number of anilines is 2. The van der Waals surface area contributed by atoms with Gasteiger partial charge in [-0.2, -0.15) is 0 Å². The molecule has 0 atom stereocenters. The highest BCUT2D eigenvalue weighted by atomic mass is 32.2. The van der Waals surface area contributed by atoms with Crippen molar-refractivity contribution in [1.29, 1.82) is 0 Å². The molecule has 4 aromatic rings. The van der Waals surface area contributed by atoms with Gasteiger partial charge in [0.25, 0.3) is 5.91 Å². The zero-order valence-electron chi connectivity index (χ0n) is 17.1. The number of hydrogen-bond donors (Lipinski definition) is 2. The number of aromatic nitrogens is 3. The van der Waals surface area contributed by atoms with Gasteiger partial charge in [0.15, 0.2) is 10.8 Å². The fourth-order valence-electron chi connectivity index (χ4n) is 3.08. The summed E-state index contributed by atoms with van der Waals surface area (Å²) in [6.07, 6.45) is 1.68. The molecule has 0 aliphatic heterocycles. The first kappa shape index (κ1) is 20.6. The van der Waals surface area contributed by atoms with Crippen LogP contribution in [0.5, 0.6) is 0 Å². The molecule has 0 aliphatic carbocycles. The molecule has 2 heterocycles. The number of benzene rings is 2. The van der Waals surface area contributed by atoms with Gasteiger partial charge in [0.05, 0.1) is 11.3 Å². The zero-order valence-corrected chi connectivity index (χ0v) is 17.9. The third kappa shape index (κ3) is 5.10. The van der Waals surface area contributed by atoms with Gasteiger partial charge in [0.1, 0.15) is 0 Å². The van der Waals surface area contributed by atoms with E-state index in [1.807, 2.05) is 62.4 Å². The quantitative estimate of drug-likeness (QED) is 0.444. The number of thioether (sulfide) groups is 1. The van der Waals surface area contributed by atoms with Crippen molar-refractivity contribution in [3.05, 3.63) is 83.6 Å². The summed E-state index contributed by atoms with van der Waals surface area (Å²) < 4.78 is 1.72. The molecule has 0 saturated heterocycles. The van der Waals surface area contributed by atoms with E-state index in [9.17, 15) is 9.59 Å². The number of hydrogen-bond acceptors (Lipinski definition) is 5. The molecule has 0 fully saturated rings. The lowest BCUT2D eigenvalue weighted by Crippen LogP contribution is -2.14. The average molecular weight is 432 g/mol. The van der Waals surface area contributed by atoms with Crippen LogP contribution in [0.4, 0.5) is 11.4 Å². The molecule has 0 unspecified atom stereocenters. The fourth-order valence-corrected chi connectivity index (χ4v) is 3.79. The summed E-state index contributed by atoms with van der Waals surface area (Å²) in [7, 11) is 0. The number of rotatable bonds is 6. The van der Waals surface area contributed by atoms with Crippen LogP contribution >= 0.6 is 11.8 Å². The molecule has 0 bridgehead atoms. The average Bonchev–Trinajstić information content (AvgIpc) is 3.14. The SMILES string of the molecule is Cc1cccc(NC(=O)CSc2nnc3ccc(C(=O)Nc4cccc(C)c4)cn23)c1. The minimum Gasteiger partial charge on any atom is -0.325 e. The number of carbonyl (C=O) groups is 2. The Labute approximate surface area is 183 Å². The molecule has 0 spiro atoms. The first-order valence-corrected chi connectivity index (χ1v) is 10.7. The van der Waals surface area contributed by atoms with E-state index in [-0.39, 0.29) is 17.6 Å². The van der Waals surface area contributed by atoms with Crippen molar-refractivity contribution < 1.29 is 9.59 Å². The van der Waals surface area contributed by atoms with Crippen LogP contribution < -0.4 is 10.6 Å². The Balaban J connectivity index is 1.45. The number of pyridine rings is 1. The number of nitrogens with one attached hydrogen (secondary N) is 2. The minimum atomic E-state index is -0.227. The maximum atomic E-state index is 12.7. The molecule has 31 heavy (non-hydrogen) atoms. The Morgan fingerprint density at radius 3 is 2.26 bits per heavy atom. The number of carbonyl (C=O) groups excluding carboxylic acids is 2. The van der Waals surface area contributed by atoms with E-state index in [1.54, 1.807) is 22.7 Å². The molecule has 4 rings (SSSR count). The van der Waals surface area contributed by atoms with Crippen LogP contribution in [-0.4, -0.2) is 32.2 Å². The summed E-state index contributed by atoms with van der Waals surface area (Å²) in [5.41, 5.74) is 4.71. The normalized spacial score (nSPS) is 10.8. The van der Waals surface area contributed by atoms with E-state index in [1.165, 1.54) is 11.8 Å². The van der Waals surface area contributed by atoms with E-state index in [0.717, 1.165) is 22.5 Å². The molecule has 156 valence electrons. The topological polar surface area (TPSA) is 88.4 Å². The monoisotopic (exact) mass is 431 g/mol. The predicted octanol–water partition coefficient (Wildman–Crippen LogP) is 4.33. The van der Waals surface area contributed by atoms with Crippen molar-refractivity contribution in [3.8, 4) is 0 Å². The molecule has 0 radical (unpaired) electrons. The van der Waals surface area contributed by atoms with E-state index < -0.39 is 0 Å². The number of aryl methyl sites for hydroxylation is 2. The summed E-state index contributed by atoms with van der Waals surface area (Å²) in [4.78, 5) is 25.0. The zero-order chi connectivity index (χ0) is 21.8. The molecule has 7 nitrogen and oxygen atoms in total. The Hall–Kier alpha value is -3.65. The van der Waals surface area contributed by atoms with Crippen LogP contribution in [0.15, 0.2) is 72.0 Å². The summed E-state index contributed by atoms with van der Waals surface area (Å²) in [5.74, 6) is -0.191. The van der Waals surface area contributed by atoms with Crippen molar-refractivity contribution in [1.82, 2.24) is 14.6 Å².